The van der Waals surface area contributed by atoms with Gasteiger partial charge in [-0.05, 0) is 23.6 Å². The predicted octanol–water partition coefficient (Wildman–Crippen LogP) is 4.27. The number of hydrogen-bond acceptors (Lipinski definition) is 2. The van der Waals surface area contributed by atoms with Gasteiger partial charge in [0.15, 0.2) is 0 Å². The molecule has 0 atom stereocenters. The average Bonchev–Trinajstić information content (AvgIpc) is 2.81. The Morgan fingerprint density at radius 2 is 1.78 bits per heavy atom. The van der Waals surface area contributed by atoms with E-state index in [2.05, 4.69) is 0 Å². The van der Waals surface area contributed by atoms with Gasteiger partial charge in [-0.15, -0.1) is 11.3 Å². The summed E-state index contributed by atoms with van der Waals surface area (Å²) in [6, 6.07) is 15.5. The van der Waals surface area contributed by atoms with E-state index in [0.29, 0.717) is 10.4 Å². The van der Waals surface area contributed by atoms with Crippen molar-refractivity contribution in [3.8, 4) is 0 Å². The molecule has 0 bridgehead atoms. The van der Waals surface area contributed by atoms with E-state index >= 15 is 0 Å². The molecule has 0 saturated heterocycles. The van der Waals surface area contributed by atoms with Crippen LogP contribution in [0.5, 0.6) is 0 Å². The third-order valence-corrected chi connectivity index (χ3v) is 3.84. The zero-order valence-electron chi connectivity index (χ0n) is 9.39. The van der Waals surface area contributed by atoms with E-state index in [0.717, 1.165) is 10.1 Å². The highest BCUT2D eigenvalue weighted by Gasteiger charge is 2.12. The summed E-state index contributed by atoms with van der Waals surface area (Å²) in [6.07, 6.45) is 0. The van der Waals surface area contributed by atoms with Crippen molar-refractivity contribution in [3.05, 3.63) is 70.9 Å². The molecule has 1 nitrogen and oxygen atoms in total. The summed E-state index contributed by atoms with van der Waals surface area (Å²) in [4.78, 5) is 12.9. The Morgan fingerprint density at radius 1 is 1.00 bits per heavy atom. The summed E-state index contributed by atoms with van der Waals surface area (Å²) in [6.45, 7) is 0. The summed E-state index contributed by atoms with van der Waals surface area (Å²) in [7, 11) is 0. The molecular formula is C15H9FOS. The summed E-state index contributed by atoms with van der Waals surface area (Å²) in [5.41, 5.74) is 0.657. The second kappa shape index (κ2) is 4.35. The second-order valence-electron chi connectivity index (χ2n) is 3.99. The molecule has 0 aliphatic rings. The fourth-order valence-electron chi connectivity index (χ4n) is 1.85. The van der Waals surface area contributed by atoms with Crippen LogP contribution in [0.1, 0.15) is 15.2 Å². The average molecular weight is 256 g/mol. The minimum absolute atomic E-state index is 0.0165. The summed E-state index contributed by atoms with van der Waals surface area (Å²) >= 11 is 1.32. The third kappa shape index (κ3) is 1.93. The predicted molar refractivity (Wildman–Crippen MR) is 71.7 cm³/mol. The minimum atomic E-state index is -0.275. The maximum absolute atomic E-state index is 13.1. The number of carbonyl (C=O) groups is 1. The topological polar surface area (TPSA) is 17.1 Å². The minimum Gasteiger partial charge on any atom is -0.288 e. The number of benzene rings is 2. The molecule has 0 fully saturated rings. The van der Waals surface area contributed by atoms with Crippen LogP contribution < -0.4 is 0 Å². The van der Waals surface area contributed by atoms with Gasteiger partial charge in [-0.1, -0.05) is 36.4 Å². The van der Waals surface area contributed by atoms with Crippen molar-refractivity contribution < 1.29 is 9.18 Å². The highest BCUT2D eigenvalue weighted by molar-refractivity contribution is 7.21. The van der Waals surface area contributed by atoms with Gasteiger partial charge in [-0.25, -0.2) is 4.39 Å². The first-order valence-electron chi connectivity index (χ1n) is 5.53. The van der Waals surface area contributed by atoms with Crippen LogP contribution in [0, 0.1) is 5.82 Å². The molecule has 3 heteroatoms. The monoisotopic (exact) mass is 256 g/mol. The normalized spacial score (nSPS) is 10.7. The lowest BCUT2D eigenvalue weighted by Crippen LogP contribution is -1.97. The summed E-state index contributed by atoms with van der Waals surface area (Å²) < 4.78 is 13.9. The first-order chi connectivity index (χ1) is 8.74. The number of halogens is 1. The third-order valence-electron chi connectivity index (χ3n) is 2.74. The zero-order valence-corrected chi connectivity index (χ0v) is 10.2. The van der Waals surface area contributed by atoms with Gasteiger partial charge in [-0.2, -0.15) is 0 Å². The van der Waals surface area contributed by atoms with Crippen LogP contribution in [0.4, 0.5) is 4.39 Å². The Labute approximate surface area is 108 Å². The van der Waals surface area contributed by atoms with Crippen LogP contribution in [0.15, 0.2) is 54.6 Å². The Morgan fingerprint density at radius 3 is 2.56 bits per heavy atom. The largest absolute Gasteiger partial charge is 0.288 e. The number of thiophene rings is 1. The van der Waals surface area contributed by atoms with E-state index in [1.807, 2.05) is 24.3 Å². The van der Waals surface area contributed by atoms with Crippen LogP contribution in [0.3, 0.4) is 0 Å². The van der Waals surface area contributed by atoms with E-state index in [9.17, 15) is 9.18 Å². The Hall–Kier alpha value is -2.00. The number of fused-ring (bicyclic) bond motifs is 1. The highest BCUT2D eigenvalue weighted by atomic mass is 32.1. The van der Waals surface area contributed by atoms with Gasteiger partial charge in [0.05, 0.1) is 4.88 Å². The van der Waals surface area contributed by atoms with E-state index in [1.54, 1.807) is 18.2 Å². The summed E-state index contributed by atoms with van der Waals surface area (Å²) in [5, 5.41) is 0.903. The van der Waals surface area contributed by atoms with Crippen molar-refractivity contribution in [3.63, 3.8) is 0 Å². The lowest BCUT2D eigenvalue weighted by Gasteiger charge is -1.95. The molecule has 1 aromatic heterocycles. The van der Waals surface area contributed by atoms with Crippen LogP contribution in [0.25, 0.3) is 10.1 Å². The van der Waals surface area contributed by atoms with Gasteiger partial charge < -0.3 is 0 Å². The standard InChI is InChI=1S/C15H9FOS/c16-12-7-6-11-8-14(18-13(11)9-12)15(17)10-4-2-1-3-5-10/h1-9H. The molecular weight excluding hydrogens is 247 g/mol. The number of rotatable bonds is 2. The van der Waals surface area contributed by atoms with Gasteiger partial charge >= 0.3 is 0 Å². The number of hydrogen-bond donors (Lipinski definition) is 0. The molecule has 0 aliphatic heterocycles. The van der Waals surface area contributed by atoms with E-state index in [-0.39, 0.29) is 11.6 Å². The van der Waals surface area contributed by atoms with Crippen molar-refractivity contribution >= 4 is 27.2 Å². The number of carbonyl (C=O) groups excluding carboxylic acids is 1. The maximum Gasteiger partial charge on any atom is 0.202 e. The Bertz CT molecular complexity index is 716. The van der Waals surface area contributed by atoms with Crippen LogP contribution >= 0.6 is 11.3 Å². The van der Waals surface area contributed by atoms with Crippen molar-refractivity contribution in [2.24, 2.45) is 0 Å². The van der Waals surface area contributed by atoms with Crippen molar-refractivity contribution in [1.82, 2.24) is 0 Å². The Balaban J connectivity index is 2.07. The van der Waals surface area contributed by atoms with Gasteiger partial charge in [-0.3, -0.25) is 4.79 Å². The van der Waals surface area contributed by atoms with Crippen molar-refractivity contribution in [1.29, 1.82) is 0 Å². The SMILES string of the molecule is O=C(c1ccccc1)c1cc2ccc(F)cc2s1. The first kappa shape index (κ1) is 11.1. The second-order valence-corrected chi connectivity index (χ2v) is 5.07. The van der Waals surface area contributed by atoms with Gasteiger partial charge in [0, 0.05) is 10.3 Å². The molecule has 0 unspecified atom stereocenters. The highest BCUT2D eigenvalue weighted by Crippen LogP contribution is 2.28. The van der Waals surface area contributed by atoms with Crippen LogP contribution in [0.2, 0.25) is 0 Å². The molecule has 2 aromatic carbocycles. The van der Waals surface area contributed by atoms with Crippen molar-refractivity contribution in [2.75, 3.05) is 0 Å². The smallest absolute Gasteiger partial charge is 0.202 e. The molecule has 0 spiro atoms. The molecule has 1 heterocycles. The van der Waals surface area contributed by atoms with Crippen molar-refractivity contribution in [2.45, 2.75) is 0 Å². The van der Waals surface area contributed by atoms with Gasteiger partial charge in [0.1, 0.15) is 5.82 Å². The molecule has 0 amide bonds. The molecule has 3 aromatic rings. The maximum atomic E-state index is 13.1. The molecule has 88 valence electrons. The lowest BCUT2D eigenvalue weighted by molar-refractivity contribution is 0.104. The van der Waals surface area contributed by atoms with Gasteiger partial charge in [0.25, 0.3) is 0 Å². The fourth-order valence-corrected chi connectivity index (χ4v) is 2.90. The Kier molecular flexibility index (Phi) is 2.68. The molecule has 0 N–H and O–H groups in total. The lowest BCUT2D eigenvalue weighted by atomic mass is 10.1. The number of ketones is 1. The molecule has 0 saturated carbocycles. The van der Waals surface area contributed by atoms with Crippen LogP contribution in [-0.4, -0.2) is 5.78 Å². The fraction of sp³-hybridized carbons (Fsp3) is 0. The molecule has 0 radical (unpaired) electrons. The molecule has 0 aliphatic carbocycles. The van der Waals surface area contributed by atoms with E-state index in [1.165, 1.54) is 23.5 Å². The zero-order chi connectivity index (χ0) is 12.5. The van der Waals surface area contributed by atoms with Crippen LogP contribution in [-0.2, 0) is 0 Å². The summed E-state index contributed by atoms with van der Waals surface area (Å²) in [5.74, 6) is -0.291. The molecule has 3 rings (SSSR count). The first-order valence-corrected chi connectivity index (χ1v) is 6.34. The van der Waals surface area contributed by atoms with Gasteiger partial charge in [0.2, 0.25) is 5.78 Å². The molecule has 18 heavy (non-hydrogen) atoms. The van der Waals surface area contributed by atoms with E-state index < -0.39 is 0 Å². The van der Waals surface area contributed by atoms with E-state index in [4.69, 9.17) is 0 Å². The quantitative estimate of drug-likeness (QED) is 0.626.